The van der Waals surface area contributed by atoms with Crippen LogP contribution in [0.1, 0.15) is 80.5 Å². The van der Waals surface area contributed by atoms with Crippen molar-refractivity contribution < 1.29 is 5.11 Å². The number of hydrogen-bond acceptors (Lipinski definition) is 1. The van der Waals surface area contributed by atoms with Crippen LogP contribution in [0.3, 0.4) is 0 Å². The first-order valence-electron chi connectivity index (χ1n) is 9.44. The molecule has 0 atom stereocenters. The fraction of sp³-hybridized carbons (Fsp3) is 0.440. The Bertz CT molecular complexity index is 781. The molecule has 0 spiro atoms. The van der Waals surface area contributed by atoms with Crippen LogP contribution < -0.4 is 0 Å². The van der Waals surface area contributed by atoms with Gasteiger partial charge in [0.2, 0.25) is 0 Å². The van der Waals surface area contributed by atoms with E-state index in [1.54, 1.807) is 0 Å². The van der Waals surface area contributed by atoms with Crippen LogP contribution in [0.2, 0.25) is 0 Å². The Morgan fingerprint density at radius 2 is 1.12 bits per heavy atom. The molecule has 0 aliphatic rings. The summed E-state index contributed by atoms with van der Waals surface area (Å²) < 4.78 is 0. The Balaban J connectivity index is 2.61. The maximum Gasteiger partial charge on any atom is 0.123 e. The van der Waals surface area contributed by atoms with Crippen molar-refractivity contribution in [2.45, 2.75) is 73.1 Å². The first-order chi connectivity index (χ1) is 11.8. The molecule has 0 saturated heterocycles. The summed E-state index contributed by atoms with van der Waals surface area (Å²) in [4.78, 5) is 0. The van der Waals surface area contributed by atoms with Crippen molar-refractivity contribution >= 4 is 12.2 Å². The first-order valence-corrected chi connectivity index (χ1v) is 9.44. The lowest BCUT2D eigenvalue weighted by atomic mass is 9.78. The van der Waals surface area contributed by atoms with E-state index in [0.717, 1.165) is 16.7 Å². The van der Waals surface area contributed by atoms with Gasteiger partial charge in [0, 0.05) is 11.1 Å². The minimum Gasteiger partial charge on any atom is -0.507 e. The molecule has 0 unspecified atom stereocenters. The highest BCUT2D eigenvalue weighted by Crippen LogP contribution is 2.40. The minimum atomic E-state index is -0.108. The third kappa shape index (κ3) is 4.38. The Kier molecular flexibility index (Phi) is 5.42. The Hall–Kier alpha value is -2.02. The summed E-state index contributed by atoms with van der Waals surface area (Å²) in [7, 11) is 0. The molecule has 0 bridgehead atoms. The summed E-state index contributed by atoms with van der Waals surface area (Å²) in [5, 5.41) is 10.9. The van der Waals surface area contributed by atoms with Crippen molar-refractivity contribution in [1.82, 2.24) is 0 Å². The van der Waals surface area contributed by atoms with E-state index in [0.29, 0.717) is 5.75 Å². The maximum atomic E-state index is 10.9. The number of aryl methyl sites for hydroxylation is 3. The number of benzene rings is 2. The second-order valence-corrected chi connectivity index (χ2v) is 9.61. The molecule has 1 N–H and O–H groups in total. The summed E-state index contributed by atoms with van der Waals surface area (Å²) in [6.07, 6.45) is 4.38. The lowest BCUT2D eigenvalue weighted by Gasteiger charge is -2.28. The quantitative estimate of drug-likeness (QED) is 0.574. The molecule has 1 heteroatoms. The van der Waals surface area contributed by atoms with Gasteiger partial charge in [-0.2, -0.15) is 0 Å². The maximum absolute atomic E-state index is 10.9. The lowest BCUT2D eigenvalue weighted by molar-refractivity contribution is 0.423. The summed E-state index contributed by atoms with van der Waals surface area (Å²) in [5.74, 6) is 0.435. The Morgan fingerprint density at radius 3 is 1.50 bits per heavy atom. The van der Waals surface area contributed by atoms with Crippen LogP contribution in [0, 0.1) is 20.8 Å². The molecule has 0 aromatic heterocycles. The smallest absolute Gasteiger partial charge is 0.123 e. The van der Waals surface area contributed by atoms with Gasteiger partial charge in [0.25, 0.3) is 0 Å². The van der Waals surface area contributed by atoms with Crippen molar-refractivity contribution in [3.05, 3.63) is 63.2 Å². The summed E-state index contributed by atoms with van der Waals surface area (Å²) in [5.41, 5.74) is 8.09. The Morgan fingerprint density at radius 1 is 0.692 bits per heavy atom. The molecular formula is C25H34O. The van der Waals surface area contributed by atoms with Gasteiger partial charge in [0.15, 0.2) is 0 Å². The predicted octanol–water partition coefficient (Wildman–Crippen LogP) is 7.08. The van der Waals surface area contributed by atoms with Crippen molar-refractivity contribution in [2.24, 2.45) is 0 Å². The van der Waals surface area contributed by atoms with E-state index < -0.39 is 0 Å². The largest absolute Gasteiger partial charge is 0.507 e. The summed E-state index contributed by atoms with van der Waals surface area (Å²) >= 11 is 0. The normalized spacial score (nSPS) is 12.8. The monoisotopic (exact) mass is 350 g/mol. The molecule has 2 rings (SSSR count). The van der Waals surface area contributed by atoms with Gasteiger partial charge in [0.05, 0.1) is 0 Å². The summed E-state index contributed by atoms with van der Waals surface area (Å²) in [6.45, 7) is 19.4. The lowest BCUT2D eigenvalue weighted by Crippen LogP contribution is -2.17. The van der Waals surface area contributed by atoms with Crippen LogP contribution in [-0.4, -0.2) is 5.11 Å². The fourth-order valence-electron chi connectivity index (χ4n) is 3.53. The zero-order chi connectivity index (χ0) is 19.9. The standard InChI is InChI=1S/C25H34O/c1-16-12-17(2)20(18(3)13-16)11-10-19-14-21(24(4,5)6)23(26)22(15-19)25(7,8)9/h10-15,26H,1-9H3/b11-10+. The molecule has 26 heavy (non-hydrogen) atoms. The molecule has 2 aromatic rings. The van der Waals surface area contributed by atoms with Gasteiger partial charge in [-0.05, 0) is 66.0 Å². The minimum absolute atomic E-state index is 0.108. The van der Waals surface area contributed by atoms with Gasteiger partial charge < -0.3 is 5.11 Å². The topological polar surface area (TPSA) is 20.2 Å². The highest BCUT2D eigenvalue weighted by Gasteiger charge is 2.26. The van der Waals surface area contributed by atoms with E-state index in [1.165, 1.54) is 22.3 Å². The molecular weight excluding hydrogens is 316 g/mol. The first kappa shape index (κ1) is 20.3. The molecule has 0 aliphatic carbocycles. The number of rotatable bonds is 2. The van der Waals surface area contributed by atoms with Gasteiger partial charge in [-0.1, -0.05) is 71.4 Å². The van der Waals surface area contributed by atoms with Crippen LogP contribution in [0.25, 0.3) is 12.2 Å². The molecule has 0 radical (unpaired) electrons. The number of phenols is 1. The number of aromatic hydroxyl groups is 1. The fourth-order valence-corrected chi connectivity index (χ4v) is 3.53. The SMILES string of the molecule is Cc1cc(C)c(/C=C/c2cc(C(C)(C)C)c(O)c(C(C)(C)C)c2)c(C)c1. The molecule has 0 fully saturated rings. The number of phenolic OH excluding ortho intramolecular Hbond substituents is 1. The molecule has 1 nitrogen and oxygen atoms in total. The molecule has 0 aliphatic heterocycles. The predicted molar refractivity (Wildman–Crippen MR) is 115 cm³/mol. The summed E-state index contributed by atoms with van der Waals surface area (Å²) in [6, 6.07) is 8.70. The highest BCUT2D eigenvalue weighted by atomic mass is 16.3. The van der Waals surface area contributed by atoms with Crippen LogP contribution in [0.5, 0.6) is 5.75 Å². The van der Waals surface area contributed by atoms with Crippen LogP contribution in [0.15, 0.2) is 24.3 Å². The van der Waals surface area contributed by atoms with Gasteiger partial charge in [-0.15, -0.1) is 0 Å². The van der Waals surface area contributed by atoms with Crippen LogP contribution >= 0.6 is 0 Å². The highest BCUT2D eigenvalue weighted by molar-refractivity contribution is 5.74. The van der Waals surface area contributed by atoms with Crippen molar-refractivity contribution in [1.29, 1.82) is 0 Å². The third-order valence-electron chi connectivity index (χ3n) is 4.93. The van der Waals surface area contributed by atoms with Gasteiger partial charge in [-0.25, -0.2) is 0 Å². The van der Waals surface area contributed by atoms with E-state index in [-0.39, 0.29) is 10.8 Å². The molecule has 0 saturated carbocycles. The third-order valence-corrected chi connectivity index (χ3v) is 4.93. The number of hydrogen-bond donors (Lipinski definition) is 1. The van der Waals surface area contributed by atoms with Gasteiger partial charge in [-0.3, -0.25) is 0 Å². The zero-order valence-corrected chi connectivity index (χ0v) is 17.9. The molecule has 140 valence electrons. The Labute approximate surface area is 159 Å². The zero-order valence-electron chi connectivity index (χ0n) is 17.9. The van der Waals surface area contributed by atoms with Crippen molar-refractivity contribution in [2.75, 3.05) is 0 Å². The van der Waals surface area contributed by atoms with E-state index in [4.69, 9.17) is 0 Å². The van der Waals surface area contributed by atoms with Crippen molar-refractivity contribution in [3.63, 3.8) is 0 Å². The van der Waals surface area contributed by atoms with E-state index in [9.17, 15) is 5.11 Å². The van der Waals surface area contributed by atoms with E-state index >= 15 is 0 Å². The van der Waals surface area contributed by atoms with Gasteiger partial charge >= 0.3 is 0 Å². The molecule has 2 aromatic carbocycles. The molecule has 0 amide bonds. The van der Waals surface area contributed by atoms with Gasteiger partial charge in [0.1, 0.15) is 5.75 Å². The van der Waals surface area contributed by atoms with E-state index in [2.05, 4.69) is 98.7 Å². The van der Waals surface area contributed by atoms with Crippen molar-refractivity contribution in [3.8, 4) is 5.75 Å². The molecule has 0 heterocycles. The van der Waals surface area contributed by atoms with Crippen LogP contribution in [-0.2, 0) is 10.8 Å². The van der Waals surface area contributed by atoms with E-state index in [1.807, 2.05) is 0 Å². The second-order valence-electron chi connectivity index (χ2n) is 9.61. The second kappa shape index (κ2) is 6.95. The van der Waals surface area contributed by atoms with Crippen LogP contribution in [0.4, 0.5) is 0 Å². The average Bonchev–Trinajstić information content (AvgIpc) is 2.44. The average molecular weight is 351 g/mol.